The second-order valence-corrected chi connectivity index (χ2v) is 1.85. The fourth-order valence-corrected chi connectivity index (χ4v) is 0.586. The molecule has 0 aliphatic carbocycles. The molecule has 0 spiro atoms. The van der Waals surface area contributed by atoms with Gasteiger partial charge in [-0.3, -0.25) is 5.10 Å². The van der Waals surface area contributed by atoms with Gasteiger partial charge in [-0.25, -0.2) is 4.98 Å². The number of nitrogens with zero attached hydrogens (tertiary/aromatic N) is 2. The van der Waals surface area contributed by atoms with Gasteiger partial charge in [0.1, 0.15) is 12.2 Å². The van der Waals surface area contributed by atoms with Crippen molar-refractivity contribution in [3.05, 3.63) is 18.2 Å². The smallest absolute Gasteiger partial charge is 0.147 e. The number of nitrogens with two attached hydrogens (primary N) is 1. The zero-order valence-corrected chi connectivity index (χ0v) is 5.62. The minimum absolute atomic E-state index is 0.671. The molecule has 4 nitrogen and oxygen atoms in total. The van der Waals surface area contributed by atoms with Crippen molar-refractivity contribution < 1.29 is 0 Å². The molecule has 0 fully saturated rings. The maximum absolute atomic E-state index is 5.27. The Bertz CT molecular complexity index is 190. The molecule has 1 heterocycles. The lowest BCUT2D eigenvalue weighted by molar-refractivity contribution is 1.01. The summed E-state index contributed by atoms with van der Waals surface area (Å²) in [5.41, 5.74) is 5.27. The van der Waals surface area contributed by atoms with E-state index in [1.54, 1.807) is 0 Å². The van der Waals surface area contributed by atoms with E-state index < -0.39 is 0 Å². The summed E-state index contributed by atoms with van der Waals surface area (Å²) in [4.78, 5) is 3.89. The first-order valence-corrected chi connectivity index (χ1v) is 3.15. The number of nitrogens with one attached hydrogen (secondary N) is 1. The first kappa shape index (κ1) is 6.95. The Kier molecular flexibility index (Phi) is 2.63. The summed E-state index contributed by atoms with van der Waals surface area (Å²) in [6.45, 7) is 0.671. The van der Waals surface area contributed by atoms with E-state index in [2.05, 4.69) is 15.2 Å². The zero-order chi connectivity index (χ0) is 7.23. The van der Waals surface area contributed by atoms with Crippen molar-refractivity contribution >= 4 is 6.08 Å². The fraction of sp³-hybridized carbons (Fsp3) is 0.333. The van der Waals surface area contributed by atoms with Gasteiger partial charge in [-0.15, -0.1) is 0 Å². The molecule has 54 valence electrons. The third-order valence-electron chi connectivity index (χ3n) is 1.04. The average Bonchev–Trinajstić information content (AvgIpc) is 2.41. The lowest BCUT2D eigenvalue weighted by Crippen LogP contribution is -1.95. The third-order valence-corrected chi connectivity index (χ3v) is 1.04. The van der Waals surface area contributed by atoms with Crippen LogP contribution in [0.5, 0.6) is 0 Å². The summed E-state index contributed by atoms with van der Waals surface area (Å²) in [5, 5.41) is 6.39. The zero-order valence-electron chi connectivity index (χ0n) is 5.62. The topological polar surface area (TPSA) is 67.6 Å². The van der Waals surface area contributed by atoms with Gasteiger partial charge in [0.05, 0.1) is 0 Å². The van der Waals surface area contributed by atoms with Crippen molar-refractivity contribution in [1.29, 1.82) is 0 Å². The summed E-state index contributed by atoms with van der Waals surface area (Å²) in [6, 6.07) is 0. The molecule has 0 bridgehead atoms. The Morgan fingerprint density at radius 2 is 2.60 bits per heavy atom. The Hall–Kier alpha value is -1.16. The van der Waals surface area contributed by atoms with Gasteiger partial charge in [-0.05, 0) is 19.0 Å². The molecule has 0 atom stereocenters. The molecule has 0 aliphatic heterocycles. The van der Waals surface area contributed by atoms with E-state index in [1.165, 1.54) is 6.33 Å². The van der Waals surface area contributed by atoms with Crippen LogP contribution < -0.4 is 5.73 Å². The summed E-state index contributed by atoms with van der Waals surface area (Å²) in [6.07, 6.45) is 6.17. The standard InChI is InChI=1S/C6H10N4/c7-4-2-1-3-6-8-5-9-10-6/h1,3,5H,2,4,7H2,(H,8,9,10). The normalized spacial score (nSPS) is 10.9. The molecule has 0 unspecified atom stereocenters. The molecule has 0 aliphatic rings. The quantitative estimate of drug-likeness (QED) is 0.625. The average molecular weight is 138 g/mol. The summed E-state index contributed by atoms with van der Waals surface area (Å²) in [7, 11) is 0. The van der Waals surface area contributed by atoms with E-state index in [-0.39, 0.29) is 0 Å². The predicted octanol–water partition coefficient (Wildman–Crippen LogP) is 0.167. The van der Waals surface area contributed by atoms with Crippen LogP contribution in [-0.2, 0) is 0 Å². The lowest BCUT2D eigenvalue weighted by Gasteiger charge is -1.82. The van der Waals surface area contributed by atoms with Crippen LogP contribution in [0, 0.1) is 0 Å². The van der Waals surface area contributed by atoms with Gasteiger partial charge in [-0.1, -0.05) is 6.08 Å². The molecule has 0 saturated heterocycles. The van der Waals surface area contributed by atoms with Crippen LogP contribution in [-0.4, -0.2) is 21.7 Å². The second kappa shape index (κ2) is 3.79. The third kappa shape index (κ3) is 1.99. The van der Waals surface area contributed by atoms with Crippen LogP contribution in [0.1, 0.15) is 12.2 Å². The van der Waals surface area contributed by atoms with E-state index in [0.29, 0.717) is 6.54 Å². The Morgan fingerprint density at radius 1 is 1.70 bits per heavy atom. The molecular formula is C6H10N4. The predicted molar refractivity (Wildman–Crippen MR) is 39.1 cm³/mol. The number of hydrogen-bond donors (Lipinski definition) is 2. The molecule has 0 aromatic carbocycles. The van der Waals surface area contributed by atoms with Crippen molar-refractivity contribution in [3.63, 3.8) is 0 Å². The molecular weight excluding hydrogens is 128 g/mol. The SMILES string of the molecule is NCCC=Cc1ncn[nH]1. The van der Waals surface area contributed by atoms with Gasteiger partial charge < -0.3 is 5.73 Å². The van der Waals surface area contributed by atoms with Crippen LogP contribution in [0.2, 0.25) is 0 Å². The number of aromatic nitrogens is 3. The number of rotatable bonds is 3. The molecule has 3 N–H and O–H groups in total. The van der Waals surface area contributed by atoms with Crippen molar-refractivity contribution in [3.8, 4) is 0 Å². The van der Waals surface area contributed by atoms with E-state index in [9.17, 15) is 0 Å². The Morgan fingerprint density at radius 3 is 3.20 bits per heavy atom. The first-order chi connectivity index (χ1) is 4.93. The summed E-state index contributed by atoms with van der Waals surface area (Å²) in [5.74, 6) is 0.772. The van der Waals surface area contributed by atoms with Gasteiger partial charge in [-0.2, -0.15) is 5.10 Å². The molecule has 0 saturated carbocycles. The highest BCUT2D eigenvalue weighted by Crippen LogP contribution is 1.90. The monoisotopic (exact) mass is 138 g/mol. The molecule has 4 heteroatoms. The van der Waals surface area contributed by atoms with Gasteiger partial charge in [0.25, 0.3) is 0 Å². The Labute approximate surface area is 59.2 Å². The molecule has 0 radical (unpaired) electrons. The molecule has 10 heavy (non-hydrogen) atoms. The number of H-pyrrole nitrogens is 1. The molecule has 1 aromatic heterocycles. The highest BCUT2D eigenvalue weighted by Gasteiger charge is 1.83. The van der Waals surface area contributed by atoms with E-state index in [4.69, 9.17) is 5.73 Å². The molecule has 0 amide bonds. The van der Waals surface area contributed by atoms with Crippen LogP contribution in [0.3, 0.4) is 0 Å². The van der Waals surface area contributed by atoms with Crippen LogP contribution >= 0.6 is 0 Å². The fourth-order valence-electron chi connectivity index (χ4n) is 0.586. The van der Waals surface area contributed by atoms with E-state index >= 15 is 0 Å². The largest absolute Gasteiger partial charge is 0.330 e. The van der Waals surface area contributed by atoms with Gasteiger partial charge in [0.15, 0.2) is 0 Å². The van der Waals surface area contributed by atoms with Gasteiger partial charge >= 0.3 is 0 Å². The van der Waals surface area contributed by atoms with Crippen LogP contribution in [0.15, 0.2) is 12.4 Å². The number of hydrogen-bond acceptors (Lipinski definition) is 3. The molecule has 1 rings (SSSR count). The highest BCUT2D eigenvalue weighted by atomic mass is 15.2. The summed E-state index contributed by atoms with van der Waals surface area (Å²) >= 11 is 0. The van der Waals surface area contributed by atoms with Gasteiger partial charge in [0.2, 0.25) is 0 Å². The van der Waals surface area contributed by atoms with Crippen LogP contribution in [0.4, 0.5) is 0 Å². The second-order valence-electron chi connectivity index (χ2n) is 1.85. The minimum atomic E-state index is 0.671. The lowest BCUT2D eigenvalue weighted by atomic mass is 10.4. The maximum atomic E-state index is 5.27. The first-order valence-electron chi connectivity index (χ1n) is 3.15. The van der Waals surface area contributed by atoms with E-state index in [0.717, 1.165) is 12.2 Å². The van der Waals surface area contributed by atoms with Crippen molar-refractivity contribution in [2.24, 2.45) is 5.73 Å². The summed E-state index contributed by atoms with van der Waals surface area (Å²) < 4.78 is 0. The van der Waals surface area contributed by atoms with Crippen molar-refractivity contribution in [1.82, 2.24) is 15.2 Å². The highest BCUT2D eigenvalue weighted by molar-refractivity contribution is 5.38. The van der Waals surface area contributed by atoms with E-state index in [1.807, 2.05) is 12.2 Å². The van der Waals surface area contributed by atoms with Crippen molar-refractivity contribution in [2.75, 3.05) is 6.54 Å². The Balaban J connectivity index is 2.40. The van der Waals surface area contributed by atoms with Crippen molar-refractivity contribution in [2.45, 2.75) is 6.42 Å². The van der Waals surface area contributed by atoms with Gasteiger partial charge in [0, 0.05) is 0 Å². The number of aromatic amines is 1. The molecule has 1 aromatic rings. The maximum Gasteiger partial charge on any atom is 0.147 e. The minimum Gasteiger partial charge on any atom is -0.330 e. The van der Waals surface area contributed by atoms with Crippen LogP contribution in [0.25, 0.3) is 6.08 Å².